The third-order valence-electron chi connectivity index (χ3n) is 1.93. The zero-order chi connectivity index (χ0) is 11.2. The van der Waals surface area contributed by atoms with E-state index in [1.165, 1.54) is 12.8 Å². The van der Waals surface area contributed by atoms with Gasteiger partial charge in [0.2, 0.25) is 0 Å². The molecule has 0 aliphatic carbocycles. The second kappa shape index (κ2) is 13.9. The first kappa shape index (κ1) is 14.9. The number of alkyl halides is 1. The Balaban J connectivity index is 2.92. The summed E-state index contributed by atoms with van der Waals surface area (Å²) in [5, 5.41) is 0. The summed E-state index contributed by atoms with van der Waals surface area (Å²) in [6.45, 7) is 4.15. The van der Waals surface area contributed by atoms with Gasteiger partial charge in [-0.2, -0.15) is 0 Å². The van der Waals surface area contributed by atoms with Crippen LogP contribution >= 0.6 is 11.6 Å². The predicted molar refractivity (Wildman–Crippen MR) is 65.4 cm³/mol. The maximum Gasteiger partial charge on any atom is 0.146 e. The standard InChI is InChI=1S/C12H23ClO2/c1-2-3-7-10-14-12-15-11-8-5-4-6-9-13/h4-5H,2-3,6-12H2,1H3. The van der Waals surface area contributed by atoms with Gasteiger partial charge < -0.3 is 9.47 Å². The van der Waals surface area contributed by atoms with Gasteiger partial charge in [0.1, 0.15) is 6.79 Å². The van der Waals surface area contributed by atoms with E-state index in [4.69, 9.17) is 21.1 Å². The molecular weight excluding hydrogens is 212 g/mol. The molecule has 0 aliphatic heterocycles. The Morgan fingerprint density at radius 3 is 2.47 bits per heavy atom. The van der Waals surface area contributed by atoms with E-state index >= 15 is 0 Å². The topological polar surface area (TPSA) is 18.5 Å². The number of halogens is 1. The fraction of sp³-hybridized carbons (Fsp3) is 0.833. The highest BCUT2D eigenvalue weighted by Gasteiger charge is 1.88. The van der Waals surface area contributed by atoms with Gasteiger partial charge in [0.25, 0.3) is 0 Å². The van der Waals surface area contributed by atoms with E-state index in [1.54, 1.807) is 0 Å². The molecule has 0 aromatic carbocycles. The zero-order valence-corrected chi connectivity index (χ0v) is 10.5. The van der Waals surface area contributed by atoms with Gasteiger partial charge in [-0.25, -0.2) is 0 Å². The van der Waals surface area contributed by atoms with Gasteiger partial charge in [-0.3, -0.25) is 0 Å². The maximum atomic E-state index is 5.52. The van der Waals surface area contributed by atoms with Crippen molar-refractivity contribution in [2.24, 2.45) is 0 Å². The van der Waals surface area contributed by atoms with Crippen LogP contribution in [-0.4, -0.2) is 25.9 Å². The van der Waals surface area contributed by atoms with Crippen LogP contribution < -0.4 is 0 Å². The molecule has 3 heteroatoms. The molecule has 0 N–H and O–H groups in total. The monoisotopic (exact) mass is 234 g/mol. The molecule has 0 rings (SSSR count). The summed E-state index contributed by atoms with van der Waals surface area (Å²) >= 11 is 5.52. The molecule has 0 bridgehead atoms. The van der Waals surface area contributed by atoms with Crippen molar-refractivity contribution in [1.29, 1.82) is 0 Å². The molecule has 0 radical (unpaired) electrons. The number of ether oxygens (including phenoxy) is 2. The highest BCUT2D eigenvalue weighted by molar-refractivity contribution is 6.17. The zero-order valence-electron chi connectivity index (χ0n) is 9.71. The Kier molecular flexibility index (Phi) is 13.9. The first-order valence-electron chi connectivity index (χ1n) is 5.78. The number of rotatable bonds is 11. The second-order valence-corrected chi connectivity index (χ2v) is 3.76. The molecule has 2 nitrogen and oxygen atoms in total. The maximum absolute atomic E-state index is 5.52. The number of hydrogen-bond donors (Lipinski definition) is 0. The SMILES string of the molecule is CCCCCOCOCCC=CCCCl. The predicted octanol–water partition coefficient (Wildman–Crippen LogP) is 3.74. The summed E-state index contributed by atoms with van der Waals surface area (Å²) in [7, 11) is 0. The second-order valence-electron chi connectivity index (χ2n) is 3.38. The Bertz CT molecular complexity index is 138. The van der Waals surface area contributed by atoms with E-state index in [2.05, 4.69) is 19.1 Å². The normalized spacial score (nSPS) is 11.3. The summed E-state index contributed by atoms with van der Waals surface area (Å²) in [5.74, 6) is 0.692. The average Bonchev–Trinajstić information content (AvgIpc) is 2.26. The van der Waals surface area contributed by atoms with Crippen molar-refractivity contribution in [2.75, 3.05) is 25.9 Å². The summed E-state index contributed by atoms with van der Waals surface area (Å²) < 4.78 is 10.6. The van der Waals surface area contributed by atoms with Crippen LogP contribution in [0.3, 0.4) is 0 Å². The van der Waals surface area contributed by atoms with Gasteiger partial charge in [-0.1, -0.05) is 31.9 Å². The molecular formula is C12H23ClO2. The third-order valence-corrected chi connectivity index (χ3v) is 2.15. The minimum absolute atomic E-state index is 0.424. The lowest BCUT2D eigenvalue weighted by molar-refractivity contribution is -0.0531. The first-order valence-corrected chi connectivity index (χ1v) is 6.31. The largest absolute Gasteiger partial charge is 0.355 e. The van der Waals surface area contributed by atoms with Gasteiger partial charge in [0, 0.05) is 12.5 Å². The van der Waals surface area contributed by atoms with Crippen LogP contribution in [0.2, 0.25) is 0 Å². The molecule has 0 saturated carbocycles. The molecule has 0 atom stereocenters. The van der Waals surface area contributed by atoms with Crippen LogP contribution in [0.15, 0.2) is 12.2 Å². The fourth-order valence-electron chi connectivity index (χ4n) is 1.08. The van der Waals surface area contributed by atoms with Gasteiger partial charge >= 0.3 is 0 Å². The van der Waals surface area contributed by atoms with Gasteiger partial charge in [-0.05, 0) is 19.3 Å². The summed E-state index contributed by atoms with van der Waals surface area (Å²) in [5.41, 5.74) is 0. The average molecular weight is 235 g/mol. The van der Waals surface area contributed by atoms with Crippen LogP contribution in [0.5, 0.6) is 0 Å². The van der Waals surface area contributed by atoms with Gasteiger partial charge in [-0.15, -0.1) is 11.6 Å². The van der Waals surface area contributed by atoms with E-state index in [1.807, 2.05) is 0 Å². The van der Waals surface area contributed by atoms with Crippen LogP contribution in [-0.2, 0) is 9.47 Å². The van der Waals surface area contributed by atoms with Crippen molar-refractivity contribution in [2.45, 2.75) is 39.0 Å². The lowest BCUT2D eigenvalue weighted by Crippen LogP contribution is -2.02. The minimum atomic E-state index is 0.424. The molecule has 0 amide bonds. The van der Waals surface area contributed by atoms with Crippen LogP contribution in [0.4, 0.5) is 0 Å². The van der Waals surface area contributed by atoms with Crippen molar-refractivity contribution in [3.63, 3.8) is 0 Å². The number of allylic oxidation sites excluding steroid dienone is 1. The Labute approximate surface area is 98.6 Å². The summed E-state index contributed by atoms with van der Waals surface area (Å²) in [4.78, 5) is 0. The lowest BCUT2D eigenvalue weighted by atomic mass is 10.3. The molecule has 15 heavy (non-hydrogen) atoms. The van der Waals surface area contributed by atoms with Crippen LogP contribution in [0.1, 0.15) is 39.0 Å². The molecule has 0 aliphatic rings. The molecule has 90 valence electrons. The van der Waals surface area contributed by atoms with E-state index in [9.17, 15) is 0 Å². The highest BCUT2D eigenvalue weighted by atomic mass is 35.5. The van der Waals surface area contributed by atoms with Crippen molar-refractivity contribution >= 4 is 11.6 Å². The highest BCUT2D eigenvalue weighted by Crippen LogP contribution is 1.95. The molecule has 0 aromatic heterocycles. The van der Waals surface area contributed by atoms with E-state index in [-0.39, 0.29) is 0 Å². The molecule has 0 unspecified atom stereocenters. The molecule has 0 heterocycles. The van der Waals surface area contributed by atoms with Gasteiger partial charge in [0.05, 0.1) is 6.61 Å². The third kappa shape index (κ3) is 14.0. The Hall–Kier alpha value is -0.0500. The van der Waals surface area contributed by atoms with Crippen LogP contribution in [0, 0.1) is 0 Å². The van der Waals surface area contributed by atoms with Crippen molar-refractivity contribution in [3.8, 4) is 0 Å². The quantitative estimate of drug-likeness (QED) is 0.235. The minimum Gasteiger partial charge on any atom is -0.355 e. The van der Waals surface area contributed by atoms with Gasteiger partial charge in [0.15, 0.2) is 0 Å². The summed E-state index contributed by atoms with van der Waals surface area (Å²) in [6, 6.07) is 0. The van der Waals surface area contributed by atoms with E-state index in [0.717, 1.165) is 32.5 Å². The van der Waals surface area contributed by atoms with Crippen molar-refractivity contribution < 1.29 is 9.47 Å². The molecule has 0 aromatic rings. The molecule has 0 fully saturated rings. The number of hydrogen-bond acceptors (Lipinski definition) is 2. The van der Waals surface area contributed by atoms with Crippen LogP contribution in [0.25, 0.3) is 0 Å². The summed E-state index contributed by atoms with van der Waals surface area (Å²) in [6.07, 6.45) is 9.66. The van der Waals surface area contributed by atoms with Crippen molar-refractivity contribution in [3.05, 3.63) is 12.2 Å². The fourth-order valence-corrected chi connectivity index (χ4v) is 1.21. The number of unbranched alkanes of at least 4 members (excludes halogenated alkanes) is 2. The van der Waals surface area contributed by atoms with Crippen molar-refractivity contribution in [1.82, 2.24) is 0 Å². The van der Waals surface area contributed by atoms with E-state index in [0.29, 0.717) is 12.7 Å². The Morgan fingerprint density at radius 2 is 1.73 bits per heavy atom. The molecule has 0 spiro atoms. The smallest absolute Gasteiger partial charge is 0.146 e. The first-order chi connectivity index (χ1) is 7.41. The van der Waals surface area contributed by atoms with E-state index < -0.39 is 0 Å². The Morgan fingerprint density at radius 1 is 1.00 bits per heavy atom. The lowest BCUT2D eigenvalue weighted by Gasteiger charge is -2.03. The molecule has 0 saturated heterocycles.